The van der Waals surface area contributed by atoms with Crippen LogP contribution in [0.3, 0.4) is 0 Å². The second-order valence-electron chi connectivity index (χ2n) is 8.14. The van der Waals surface area contributed by atoms with Crippen LogP contribution in [0.15, 0.2) is 42.6 Å². The molecule has 0 spiro atoms. The van der Waals surface area contributed by atoms with E-state index in [1.54, 1.807) is 18.2 Å². The fourth-order valence-corrected chi connectivity index (χ4v) is 4.20. The van der Waals surface area contributed by atoms with Crippen molar-refractivity contribution < 1.29 is 14.3 Å². The van der Waals surface area contributed by atoms with Crippen LogP contribution in [0.2, 0.25) is 0 Å². The summed E-state index contributed by atoms with van der Waals surface area (Å²) >= 11 is 0. The van der Waals surface area contributed by atoms with E-state index >= 15 is 0 Å². The summed E-state index contributed by atoms with van der Waals surface area (Å²) in [5.41, 5.74) is 6.64. The second-order valence-corrected chi connectivity index (χ2v) is 8.14. The van der Waals surface area contributed by atoms with E-state index in [4.69, 9.17) is 0 Å². The van der Waals surface area contributed by atoms with Crippen molar-refractivity contribution >= 4 is 16.9 Å². The molecule has 2 aromatic heterocycles. The van der Waals surface area contributed by atoms with Crippen LogP contribution in [0, 0.1) is 19.7 Å². The monoisotopic (exact) mass is 417 g/mol. The molecule has 0 aliphatic heterocycles. The lowest BCUT2D eigenvalue weighted by Gasteiger charge is -2.14. The van der Waals surface area contributed by atoms with Crippen molar-refractivity contribution in [2.24, 2.45) is 7.05 Å². The first kappa shape index (κ1) is 20.7. The van der Waals surface area contributed by atoms with Gasteiger partial charge in [-0.2, -0.15) is 5.10 Å². The lowest BCUT2D eigenvalue weighted by atomic mass is 9.91. The summed E-state index contributed by atoms with van der Waals surface area (Å²) in [5.74, 6) is -1.43. The number of carbonyl (C=O) groups is 1. The largest absolute Gasteiger partial charge is 0.478 e. The Hall–Kier alpha value is -3.54. The summed E-state index contributed by atoms with van der Waals surface area (Å²) in [6.45, 7) is 7.84. The lowest BCUT2D eigenvalue weighted by Crippen LogP contribution is -2.04. The van der Waals surface area contributed by atoms with Gasteiger partial charge in [0, 0.05) is 29.3 Å². The Balaban J connectivity index is 1.93. The van der Waals surface area contributed by atoms with Crippen LogP contribution in [-0.2, 0) is 7.05 Å². The molecule has 0 unspecified atom stereocenters. The third-order valence-electron chi connectivity index (χ3n) is 5.81. The molecule has 0 saturated heterocycles. The fraction of sp³-hybridized carbons (Fsp3) is 0.240. The van der Waals surface area contributed by atoms with Crippen LogP contribution in [0.25, 0.3) is 33.2 Å². The van der Waals surface area contributed by atoms with Crippen molar-refractivity contribution in [1.29, 1.82) is 0 Å². The van der Waals surface area contributed by atoms with E-state index in [0.717, 1.165) is 22.5 Å². The minimum Gasteiger partial charge on any atom is -0.478 e. The Morgan fingerprint density at radius 3 is 2.35 bits per heavy atom. The van der Waals surface area contributed by atoms with Gasteiger partial charge in [0.05, 0.1) is 23.0 Å². The van der Waals surface area contributed by atoms with Crippen molar-refractivity contribution in [3.63, 3.8) is 0 Å². The number of hydrogen-bond donors (Lipinski definition) is 1. The highest BCUT2D eigenvalue weighted by Crippen LogP contribution is 2.36. The van der Waals surface area contributed by atoms with Gasteiger partial charge in [-0.25, -0.2) is 9.18 Å². The summed E-state index contributed by atoms with van der Waals surface area (Å²) in [4.78, 5) is 15.9. The second kappa shape index (κ2) is 7.61. The third kappa shape index (κ3) is 3.48. The zero-order valence-electron chi connectivity index (χ0n) is 18.2. The predicted octanol–water partition coefficient (Wildman–Crippen LogP) is 5.88. The van der Waals surface area contributed by atoms with Gasteiger partial charge < -0.3 is 5.11 Å². The number of nitrogens with zero attached hydrogens (tertiary/aromatic N) is 3. The van der Waals surface area contributed by atoms with Gasteiger partial charge >= 0.3 is 5.97 Å². The zero-order valence-corrected chi connectivity index (χ0v) is 18.2. The van der Waals surface area contributed by atoms with Crippen LogP contribution in [-0.4, -0.2) is 25.8 Å². The molecule has 0 fully saturated rings. The number of aromatic nitrogens is 3. The summed E-state index contributed by atoms with van der Waals surface area (Å²) in [5, 5.41) is 14.7. The van der Waals surface area contributed by atoms with Gasteiger partial charge in [0.1, 0.15) is 5.82 Å². The number of rotatable bonds is 4. The Labute approximate surface area is 180 Å². The quantitative estimate of drug-likeness (QED) is 0.450. The van der Waals surface area contributed by atoms with Crippen molar-refractivity contribution in [3.05, 3.63) is 70.9 Å². The van der Waals surface area contributed by atoms with Gasteiger partial charge in [0.2, 0.25) is 0 Å². The molecule has 158 valence electrons. The van der Waals surface area contributed by atoms with E-state index in [1.807, 2.05) is 57.6 Å². The molecule has 0 saturated carbocycles. The highest BCUT2D eigenvalue weighted by Gasteiger charge is 2.19. The maximum atomic E-state index is 15.0. The van der Waals surface area contributed by atoms with Crippen molar-refractivity contribution in [3.8, 4) is 22.3 Å². The topological polar surface area (TPSA) is 68.0 Å². The maximum Gasteiger partial charge on any atom is 0.335 e. The molecular formula is C25H24FN3O2. The molecule has 31 heavy (non-hydrogen) atoms. The first-order valence-corrected chi connectivity index (χ1v) is 10.2. The molecule has 0 bridgehead atoms. The molecule has 5 nitrogen and oxygen atoms in total. The van der Waals surface area contributed by atoms with Crippen LogP contribution >= 0.6 is 0 Å². The molecule has 0 amide bonds. The molecular weight excluding hydrogens is 393 g/mol. The molecule has 2 heterocycles. The number of aryl methyl sites for hydroxylation is 2. The molecule has 0 radical (unpaired) electrons. The smallest absolute Gasteiger partial charge is 0.335 e. The van der Waals surface area contributed by atoms with Crippen LogP contribution in [0.5, 0.6) is 0 Å². The number of fused-ring (bicyclic) bond motifs is 1. The van der Waals surface area contributed by atoms with Gasteiger partial charge in [-0.15, -0.1) is 0 Å². The van der Waals surface area contributed by atoms with E-state index in [1.165, 1.54) is 6.20 Å². The summed E-state index contributed by atoms with van der Waals surface area (Å²) in [6, 6.07) is 10.8. The minimum absolute atomic E-state index is 0.00894. The Morgan fingerprint density at radius 1 is 1.06 bits per heavy atom. The number of benzene rings is 2. The number of pyridine rings is 1. The molecule has 4 rings (SSSR count). The van der Waals surface area contributed by atoms with Gasteiger partial charge in [-0.3, -0.25) is 9.67 Å². The molecule has 6 heteroatoms. The number of hydrogen-bond acceptors (Lipinski definition) is 3. The first-order valence-electron chi connectivity index (χ1n) is 10.2. The van der Waals surface area contributed by atoms with Gasteiger partial charge in [0.25, 0.3) is 0 Å². The number of carboxylic acid groups (broad SMARTS) is 1. The molecule has 0 aliphatic rings. The summed E-state index contributed by atoms with van der Waals surface area (Å²) < 4.78 is 16.8. The molecule has 1 N–H and O–H groups in total. The minimum atomic E-state index is -0.984. The predicted molar refractivity (Wildman–Crippen MR) is 120 cm³/mol. The van der Waals surface area contributed by atoms with Gasteiger partial charge in [-0.1, -0.05) is 32.0 Å². The Morgan fingerprint density at radius 2 is 1.74 bits per heavy atom. The highest BCUT2D eigenvalue weighted by atomic mass is 19.1. The Kier molecular flexibility index (Phi) is 5.09. The number of carboxylic acids is 1. The van der Waals surface area contributed by atoms with E-state index in [9.17, 15) is 14.3 Å². The van der Waals surface area contributed by atoms with Gasteiger partial charge in [0.15, 0.2) is 0 Å². The third-order valence-corrected chi connectivity index (χ3v) is 5.81. The molecule has 0 aliphatic carbocycles. The summed E-state index contributed by atoms with van der Waals surface area (Å²) in [7, 11) is 1.91. The van der Waals surface area contributed by atoms with E-state index in [2.05, 4.69) is 10.1 Å². The van der Waals surface area contributed by atoms with E-state index in [-0.39, 0.29) is 11.5 Å². The molecule has 4 aromatic rings. The lowest BCUT2D eigenvalue weighted by molar-refractivity contribution is 0.0695. The van der Waals surface area contributed by atoms with Crippen molar-refractivity contribution in [1.82, 2.24) is 14.8 Å². The maximum absolute atomic E-state index is 15.0. The standard InChI is InChI=1S/C25H24FN3O2/c1-13(2)20-10-16(6-8-18(20)25(30)31)24-19-9-7-17(11-22(19)27-12-21(24)26)23-14(3)28-29(5)15(23)4/h6-13H,1-5H3,(H,30,31). The van der Waals surface area contributed by atoms with Crippen molar-refractivity contribution in [2.75, 3.05) is 0 Å². The van der Waals surface area contributed by atoms with Crippen LogP contribution in [0.1, 0.15) is 47.1 Å². The molecule has 2 aromatic carbocycles. The highest BCUT2D eigenvalue weighted by molar-refractivity contribution is 5.98. The number of aromatic carboxylic acids is 1. The average molecular weight is 417 g/mol. The normalized spacial score (nSPS) is 11.5. The van der Waals surface area contributed by atoms with Crippen molar-refractivity contribution in [2.45, 2.75) is 33.6 Å². The fourth-order valence-electron chi connectivity index (χ4n) is 4.20. The summed E-state index contributed by atoms with van der Waals surface area (Å²) in [6.07, 6.45) is 1.23. The number of halogens is 1. The zero-order chi connectivity index (χ0) is 22.4. The van der Waals surface area contributed by atoms with Crippen LogP contribution < -0.4 is 0 Å². The first-order chi connectivity index (χ1) is 14.7. The molecule has 0 atom stereocenters. The van der Waals surface area contributed by atoms with Gasteiger partial charge in [-0.05, 0) is 54.7 Å². The Bertz CT molecular complexity index is 1340. The van der Waals surface area contributed by atoms with E-state index in [0.29, 0.717) is 27.6 Å². The average Bonchev–Trinajstić information content (AvgIpc) is 2.98. The van der Waals surface area contributed by atoms with Crippen LogP contribution in [0.4, 0.5) is 4.39 Å². The SMILES string of the molecule is Cc1nn(C)c(C)c1-c1ccc2c(-c3ccc(C(=O)O)c(C(C)C)c3)c(F)cnc2c1. The van der Waals surface area contributed by atoms with E-state index < -0.39 is 11.8 Å².